The number of hydrogen-bond acceptors (Lipinski definition) is 3. The van der Waals surface area contributed by atoms with Crippen LogP contribution >= 0.6 is 0 Å². The molecule has 1 atom stereocenters. The van der Waals surface area contributed by atoms with Crippen molar-refractivity contribution in [2.45, 2.75) is 26.3 Å². The third-order valence-electron chi connectivity index (χ3n) is 2.93. The molecule has 3 N–H and O–H groups in total. The van der Waals surface area contributed by atoms with Crippen LogP contribution in [-0.4, -0.2) is 35.5 Å². The van der Waals surface area contributed by atoms with Crippen LogP contribution in [0.1, 0.15) is 30.6 Å². The van der Waals surface area contributed by atoms with Crippen molar-refractivity contribution in [2.75, 3.05) is 6.54 Å². The number of benzene rings is 1. The maximum Gasteiger partial charge on any atom is 0.326 e. The van der Waals surface area contributed by atoms with Crippen molar-refractivity contribution in [3.63, 3.8) is 0 Å². The summed E-state index contributed by atoms with van der Waals surface area (Å²) in [5.74, 6) is -4.82. The maximum atomic E-state index is 13.0. The Morgan fingerprint density at radius 3 is 2.35 bits per heavy atom. The van der Waals surface area contributed by atoms with Gasteiger partial charge < -0.3 is 15.7 Å². The zero-order valence-corrected chi connectivity index (χ0v) is 12.7. The van der Waals surface area contributed by atoms with Gasteiger partial charge in [0.25, 0.3) is 5.91 Å². The molecule has 0 fully saturated rings. The van der Waals surface area contributed by atoms with Crippen molar-refractivity contribution in [1.29, 1.82) is 0 Å². The molecular formula is C15H18F2N2O4. The van der Waals surface area contributed by atoms with Crippen LogP contribution in [0.4, 0.5) is 8.78 Å². The third kappa shape index (κ3) is 6.01. The summed E-state index contributed by atoms with van der Waals surface area (Å²) in [4.78, 5) is 34.4. The fraction of sp³-hybridized carbons (Fsp3) is 0.400. The molecule has 0 aliphatic rings. The van der Waals surface area contributed by atoms with Gasteiger partial charge in [-0.25, -0.2) is 13.6 Å². The van der Waals surface area contributed by atoms with Crippen molar-refractivity contribution in [2.24, 2.45) is 5.92 Å². The van der Waals surface area contributed by atoms with Gasteiger partial charge in [0.05, 0.1) is 6.54 Å². The lowest BCUT2D eigenvalue weighted by molar-refractivity contribution is -0.142. The van der Waals surface area contributed by atoms with Crippen molar-refractivity contribution in [3.05, 3.63) is 35.4 Å². The fourth-order valence-corrected chi connectivity index (χ4v) is 1.84. The van der Waals surface area contributed by atoms with Gasteiger partial charge in [-0.15, -0.1) is 0 Å². The van der Waals surface area contributed by atoms with Crippen LogP contribution in [0.5, 0.6) is 0 Å². The zero-order chi connectivity index (χ0) is 17.6. The van der Waals surface area contributed by atoms with Gasteiger partial charge in [0.1, 0.15) is 6.04 Å². The number of rotatable bonds is 7. The SMILES string of the molecule is CC(C)CC(NC(=O)CNC(=O)c1ccc(F)c(F)c1)C(=O)O. The number of carboxylic acid groups (broad SMARTS) is 1. The first kappa shape index (κ1) is 18.5. The van der Waals surface area contributed by atoms with Crippen LogP contribution < -0.4 is 10.6 Å². The number of carbonyl (C=O) groups is 3. The van der Waals surface area contributed by atoms with Crippen LogP contribution in [0.2, 0.25) is 0 Å². The molecule has 1 aromatic rings. The Balaban J connectivity index is 2.56. The number of carboxylic acids is 1. The molecule has 0 aliphatic carbocycles. The van der Waals surface area contributed by atoms with E-state index in [1.54, 1.807) is 0 Å². The first-order chi connectivity index (χ1) is 10.7. The number of hydrogen-bond donors (Lipinski definition) is 3. The highest BCUT2D eigenvalue weighted by molar-refractivity contribution is 5.96. The zero-order valence-electron chi connectivity index (χ0n) is 12.7. The predicted octanol–water partition coefficient (Wildman–Crippen LogP) is 1.31. The molecule has 0 bridgehead atoms. The van der Waals surface area contributed by atoms with Crippen molar-refractivity contribution in [3.8, 4) is 0 Å². The van der Waals surface area contributed by atoms with Crippen LogP contribution in [0.15, 0.2) is 18.2 Å². The van der Waals surface area contributed by atoms with Gasteiger partial charge in [-0.3, -0.25) is 9.59 Å². The number of amides is 2. The molecule has 6 nitrogen and oxygen atoms in total. The van der Waals surface area contributed by atoms with E-state index in [1.807, 2.05) is 13.8 Å². The van der Waals surface area contributed by atoms with E-state index in [1.165, 1.54) is 0 Å². The summed E-state index contributed by atoms with van der Waals surface area (Å²) < 4.78 is 25.8. The Morgan fingerprint density at radius 1 is 1.17 bits per heavy atom. The lowest BCUT2D eigenvalue weighted by Gasteiger charge is -2.16. The number of nitrogens with one attached hydrogen (secondary N) is 2. The highest BCUT2D eigenvalue weighted by atomic mass is 19.2. The molecule has 0 aliphatic heterocycles. The van der Waals surface area contributed by atoms with E-state index in [0.29, 0.717) is 6.07 Å². The lowest BCUT2D eigenvalue weighted by Crippen LogP contribution is -2.46. The summed E-state index contributed by atoms with van der Waals surface area (Å²) in [6, 6.07) is 1.53. The van der Waals surface area contributed by atoms with E-state index < -0.39 is 42.0 Å². The topological polar surface area (TPSA) is 95.5 Å². The van der Waals surface area contributed by atoms with Crippen molar-refractivity contribution in [1.82, 2.24) is 10.6 Å². The molecule has 2 amide bonds. The van der Waals surface area contributed by atoms with E-state index in [2.05, 4.69) is 10.6 Å². The Morgan fingerprint density at radius 2 is 1.83 bits per heavy atom. The van der Waals surface area contributed by atoms with Crippen molar-refractivity contribution >= 4 is 17.8 Å². The smallest absolute Gasteiger partial charge is 0.326 e. The number of aliphatic carboxylic acids is 1. The van der Waals surface area contributed by atoms with E-state index in [0.717, 1.165) is 12.1 Å². The van der Waals surface area contributed by atoms with Crippen molar-refractivity contribution < 1.29 is 28.3 Å². The molecule has 1 rings (SSSR count). The average Bonchev–Trinajstić information content (AvgIpc) is 2.46. The largest absolute Gasteiger partial charge is 0.480 e. The maximum absolute atomic E-state index is 13.0. The summed E-state index contributed by atoms with van der Waals surface area (Å²) in [6.45, 7) is 3.15. The number of halogens is 2. The number of carbonyl (C=O) groups excluding carboxylic acids is 2. The molecule has 0 saturated heterocycles. The molecular weight excluding hydrogens is 310 g/mol. The molecule has 1 aromatic carbocycles. The monoisotopic (exact) mass is 328 g/mol. The second-order valence-electron chi connectivity index (χ2n) is 5.40. The van der Waals surface area contributed by atoms with E-state index in [-0.39, 0.29) is 17.9 Å². The second-order valence-corrected chi connectivity index (χ2v) is 5.40. The summed E-state index contributed by atoms with van der Waals surface area (Å²) in [6.07, 6.45) is 0.248. The summed E-state index contributed by atoms with van der Waals surface area (Å²) >= 11 is 0. The van der Waals surface area contributed by atoms with Crippen LogP contribution in [0.25, 0.3) is 0 Å². The molecule has 126 valence electrons. The summed E-state index contributed by atoms with van der Waals surface area (Å²) in [7, 11) is 0. The summed E-state index contributed by atoms with van der Waals surface area (Å²) in [5, 5.41) is 13.5. The first-order valence-electron chi connectivity index (χ1n) is 6.96. The minimum Gasteiger partial charge on any atom is -0.480 e. The third-order valence-corrected chi connectivity index (χ3v) is 2.93. The second kappa shape index (κ2) is 8.21. The Labute approximate surface area is 131 Å². The van der Waals surface area contributed by atoms with Gasteiger partial charge >= 0.3 is 5.97 Å². The van der Waals surface area contributed by atoms with E-state index in [9.17, 15) is 23.2 Å². The van der Waals surface area contributed by atoms with Crippen LogP contribution in [-0.2, 0) is 9.59 Å². The molecule has 0 spiro atoms. The minimum atomic E-state index is -1.18. The molecule has 8 heteroatoms. The standard InChI is InChI=1S/C15H18F2N2O4/c1-8(2)5-12(15(22)23)19-13(20)7-18-14(21)9-3-4-10(16)11(17)6-9/h3-4,6,8,12H,5,7H2,1-2H3,(H,18,21)(H,19,20)(H,22,23). The molecule has 0 aromatic heterocycles. The molecule has 1 unspecified atom stereocenters. The van der Waals surface area contributed by atoms with Crippen LogP contribution in [0, 0.1) is 17.6 Å². The Kier molecular flexibility index (Phi) is 6.62. The highest BCUT2D eigenvalue weighted by Gasteiger charge is 2.21. The highest BCUT2D eigenvalue weighted by Crippen LogP contribution is 2.08. The van der Waals surface area contributed by atoms with E-state index in [4.69, 9.17) is 5.11 Å². The molecule has 0 heterocycles. The fourth-order valence-electron chi connectivity index (χ4n) is 1.84. The van der Waals surface area contributed by atoms with Gasteiger partial charge in [-0.1, -0.05) is 13.8 Å². The summed E-state index contributed by atoms with van der Waals surface area (Å²) in [5.41, 5.74) is -0.145. The predicted molar refractivity (Wildman–Crippen MR) is 77.7 cm³/mol. The van der Waals surface area contributed by atoms with Gasteiger partial charge in [0.15, 0.2) is 11.6 Å². The van der Waals surface area contributed by atoms with E-state index >= 15 is 0 Å². The van der Waals surface area contributed by atoms with Gasteiger partial charge in [-0.2, -0.15) is 0 Å². The average molecular weight is 328 g/mol. The van der Waals surface area contributed by atoms with Crippen LogP contribution in [0.3, 0.4) is 0 Å². The van der Waals surface area contributed by atoms with Gasteiger partial charge in [0, 0.05) is 5.56 Å². The first-order valence-corrected chi connectivity index (χ1v) is 6.96. The Bertz CT molecular complexity index is 605. The molecule has 0 radical (unpaired) electrons. The van der Waals surface area contributed by atoms with Gasteiger partial charge in [-0.05, 0) is 30.5 Å². The Hall–Kier alpha value is -2.51. The lowest BCUT2D eigenvalue weighted by atomic mass is 10.0. The molecule has 0 saturated carbocycles. The normalized spacial score (nSPS) is 11.9. The minimum absolute atomic E-state index is 0.0631. The quantitative estimate of drug-likeness (QED) is 0.703. The van der Waals surface area contributed by atoms with Gasteiger partial charge in [0.2, 0.25) is 5.91 Å². The molecule has 23 heavy (non-hydrogen) atoms.